The van der Waals surface area contributed by atoms with E-state index in [0.29, 0.717) is 37.4 Å². The molecule has 34 heavy (non-hydrogen) atoms. The number of amides is 1. The van der Waals surface area contributed by atoms with Crippen molar-refractivity contribution in [3.63, 3.8) is 0 Å². The van der Waals surface area contributed by atoms with Crippen LogP contribution >= 0.6 is 0 Å². The van der Waals surface area contributed by atoms with Gasteiger partial charge in [0.15, 0.2) is 5.92 Å². The van der Waals surface area contributed by atoms with Crippen molar-refractivity contribution in [1.29, 1.82) is 0 Å². The fourth-order valence-corrected chi connectivity index (χ4v) is 4.16. The Morgan fingerprint density at radius 3 is 2.56 bits per heavy atom. The largest absolute Gasteiger partial charge is 0.465 e. The molecule has 0 aromatic heterocycles. The summed E-state index contributed by atoms with van der Waals surface area (Å²) in [6.45, 7) is 3.62. The van der Waals surface area contributed by atoms with Gasteiger partial charge in [0.1, 0.15) is 11.9 Å². The van der Waals surface area contributed by atoms with Crippen LogP contribution in [0.15, 0.2) is 53.5 Å². The number of piperazine rings is 1. The van der Waals surface area contributed by atoms with Gasteiger partial charge in [-0.1, -0.05) is 24.3 Å². The molecule has 10 nitrogen and oxygen atoms in total. The lowest BCUT2D eigenvalue weighted by atomic mass is 9.91. The third-order valence-electron chi connectivity index (χ3n) is 5.83. The van der Waals surface area contributed by atoms with Gasteiger partial charge in [0.25, 0.3) is 5.69 Å². The highest BCUT2D eigenvalue weighted by molar-refractivity contribution is 6.08. The van der Waals surface area contributed by atoms with E-state index in [1.165, 1.54) is 24.3 Å². The molecular formula is C23H24FN5O5. The van der Waals surface area contributed by atoms with Crippen LogP contribution in [0.5, 0.6) is 0 Å². The first-order chi connectivity index (χ1) is 16.4. The summed E-state index contributed by atoms with van der Waals surface area (Å²) < 4.78 is 19.2. The zero-order chi connectivity index (χ0) is 24.2. The van der Waals surface area contributed by atoms with Gasteiger partial charge in [0, 0.05) is 38.3 Å². The van der Waals surface area contributed by atoms with E-state index in [9.17, 15) is 24.1 Å². The zero-order valence-corrected chi connectivity index (χ0v) is 18.5. The van der Waals surface area contributed by atoms with Crippen molar-refractivity contribution in [2.45, 2.75) is 13.0 Å². The van der Waals surface area contributed by atoms with Crippen molar-refractivity contribution in [3.8, 4) is 0 Å². The van der Waals surface area contributed by atoms with E-state index in [4.69, 9.17) is 4.74 Å². The molecular weight excluding hydrogens is 445 g/mol. The standard InChI is InChI=1S/C23H24FN5O5/c1-2-34-22(31)19-20(15-6-5-7-16(14-15)29(32)33)25-23(26-21(19)30)28-12-10-27(11-13-28)18-9-4-3-8-17(18)24/h3-9,14,19-20H,2,10-13H2,1H3,(H,25,26,30). The van der Waals surface area contributed by atoms with Crippen LogP contribution in [-0.2, 0) is 14.3 Å². The van der Waals surface area contributed by atoms with Crippen molar-refractivity contribution in [3.05, 3.63) is 70.0 Å². The first-order valence-electron chi connectivity index (χ1n) is 10.9. The zero-order valence-electron chi connectivity index (χ0n) is 18.5. The van der Waals surface area contributed by atoms with Crippen LogP contribution in [0.25, 0.3) is 0 Å². The second-order valence-electron chi connectivity index (χ2n) is 7.89. The minimum atomic E-state index is -1.27. The number of para-hydroxylation sites is 1. The highest BCUT2D eigenvalue weighted by Crippen LogP contribution is 2.33. The molecule has 2 unspecified atom stereocenters. The van der Waals surface area contributed by atoms with Crippen LogP contribution < -0.4 is 10.2 Å². The number of carbonyl (C=O) groups excluding carboxylic acids is 2. The van der Waals surface area contributed by atoms with Gasteiger partial charge < -0.3 is 14.5 Å². The minimum Gasteiger partial charge on any atom is -0.465 e. The van der Waals surface area contributed by atoms with Gasteiger partial charge in [0.2, 0.25) is 11.9 Å². The molecule has 0 saturated carbocycles. The number of halogens is 1. The molecule has 1 N–H and O–H groups in total. The number of non-ortho nitro benzene ring substituents is 1. The number of nitro benzene ring substituents is 1. The average molecular weight is 469 g/mol. The molecule has 1 saturated heterocycles. The van der Waals surface area contributed by atoms with Gasteiger partial charge in [-0.15, -0.1) is 0 Å². The first kappa shape index (κ1) is 23.1. The van der Waals surface area contributed by atoms with Crippen LogP contribution in [0.4, 0.5) is 15.8 Å². The summed E-state index contributed by atoms with van der Waals surface area (Å²) in [7, 11) is 0. The first-order valence-corrected chi connectivity index (χ1v) is 10.9. The Morgan fingerprint density at radius 1 is 1.18 bits per heavy atom. The van der Waals surface area contributed by atoms with Crippen molar-refractivity contribution < 1.29 is 23.6 Å². The molecule has 2 atom stereocenters. The number of nitrogens with one attached hydrogen (secondary N) is 1. The Morgan fingerprint density at radius 2 is 1.88 bits per heavy atom. The van der Waals surface area contributed by atoms with Crippen LogP contribution in [-0.4, -0.2) is 60.4 Å². The van der Waals surface area contributed by atoms with E-state index in [1.54, 1.807) is 31.2 Å². The molecule has 178 valence electrons. The molecule has 2 heterocycles. The molecule has 0 aliphatic carbocycles. The maximum absolute atomic E-state index is 14.2. The summed E-state index contributed by atoms with van der Waals surface area (Å²) >= 11 is 0. The number of nitrogens with zero attached hydrogens (tertiary/aromatic N) is 4. The lowest BCUT2D eigenvalue weighted by Crippen LogP contribution is -2.57. The molecule has 1 amide bonds. The number of carbonyl (C=O) groups is 2. The fraction of sp³-hybridized carbons (Fsp3) is 0.348. The van der Waals surface area contributed by atoms with Crippen LogP contribution in [0.1, 0.15) is 18.5 Å². The van der Waals surface area contributed by atoms with Crippen molar-refractivity contribution in [1.82, 2.24) is 10.2 Å². The second-order valence-corrected chi connectivity index (χ2v) is 7.89. The van der Waals surface area contributed by atoms with E-state index in [-0.39, 0.29) is 24.1 Å². The van der Waals surface area contributed by atoms with Gasteiger partial charge in [0.05, 0.1) is 17.2 Å². The maximum atomic E-state index is 14.2. The number of hydrogen-bond acceptors (Lipinski definition) is 8. The van der Waals surface area contributed by atoms with Gasteiger partial charge in [-0.05, 0) is 24.6 Å². The predicted octanol–water partition coefficient (Wildman–Crippen LogP) is 2.26. The Kier molecular flexibility index (Phi) is 6.71. The summed E-state index contributed by atoms with van der Waals surface area (Å²) in [6.07, 6.45) is 0. The minimum absolute atomic E-state index is 0.0822. The third kappa shape index (κ3) is 4.68. The summed E-state index contributed by atoms with van der Waals surface area (Å²) in [5.41, 5.74) is 0.708. The quantitative estimate of drug-likeness (QED) is 0.309. The number of rotatable bonds is 5. The summed E-state index contributed by atoms with van der Waals surface area (Å²) in [5.74, 6) is -2.64. The molecule has 0 spiro atoms. The third-order valence-corrected chi connectivity index (χ3v) is 5.83. The summed E-state index contributed by atoms with van der Waals surface area (Å²) in [5, 5.41) is 13.9. The second kappa shape index (κ2) is 9.86. The molecule has 2 aliphatic heterocycles. The van der Waals surface area contributed by atoms with Crippen molar-refractivity contribution >= 4 is 29.2 Å². The number of ether oxygens (including phenoxy) is 1. The van der Waals surface area contributed by atoms with Crippen LogP contribution in [0, 0.1) is 21.8 Å². The number of aliphatic imine (C=N–C) groups is 1. The number of benzene rings is 2. The molecule has 11 heteroatoms. The lowest BCUT2D eigenvalue weighted by Gasteiger charge is -2.39. The molecule has 4 rings (SSSR count). The number of nitro groups is 1. The monoisotopic (exact) mass is 469 g/mol. The van der Waals surface area contributed by atoms with Crippen LogP contribution in [0.3, 0.4) is 0 Å². The Bertz CT molecular complexity index is 1130. The van der Waals surface area contributed by atoms with E-state index < -0.39 is 28.8 Å². The summed E-state index contributed by atoms with van der Waals surface area (Å²) in [4.78, 5) is 44.7. The van der Waals surface area contributed by atoms with Crippen molar-refractivity contribution in [2.24, 2.45) is 10.9 Å². The summed E-state index contributed by atoms with van der Waals surface area (Å²) in [6, 6.07) is 11.3. The SMILES string of the molecule is CCOC(=O)C1C(=O)NC(N2CCN(c3ccccc3F)CC2)=NC1c1cccc([N+](=O)[O-])c1. The van der Waals surface area contributed by atoms with Crippen LogP contribution in [0.2, 0.25) is 0 Å². The number of hydrogen-bond donors (Lipinski definition) is 1. The Hall–Kier alpha value is -4.02. The normalized spacial score (nSPS) is 20.4. The molecule has 0 radical (unpaired) electrons. The van der Waals surface area contributed by atoms with Gasteiger partial charge in [-0.3, -0.25) is 25.0 Å². The average Bonchev–Trinajstić information content (AvgIpc) is 2.84. The molecule has 2 aromatic rings. The predicted molar refractivity (Wildman–Crippen MR) is 122 cm³/mol. The fourth-order valence-electron chi connectivity index (χ4n) is 4.16. The topological polar surface area (TPSA) is 117 Å². The van der Waals surface area contributed by atoms with Gasteiger partial charge in [-0.2, -0.15) is 0 Å². The molecule has 2 aliphatic rings. The highest BCUT2D eigenvalue weighted by atomic mass is 19.1. The van der Waals surface area contributed by atoms with E-state index in [1.807, 2.05) is 9.80 Å². The molecule has 2 aromatic carbocycles. The van der Waals surface area contributed by atoms with Gasteiger partial charge in [-0.25, -0.2) is 9.38 Å². The number of anilines is 1. The van der Waals surface area contributed by atoms with E-state index in [2.05, 4.69) is 10.3 Å². The van der Waals surface area contributed by atoms with E-state index >= 15 is 0 Å². The van der Waals surface area contributed by atoms with Crippen molar-refractivity contribution in [2.75, 3.05) is 37.7 Å². The smallest absolute Gasteiger partial charge is 0.321 e. The highest BCUT2D eigenvalue weighted by Gasteiger charge is 2.42. The number of guanidine groups is 1. The Balaban J connectivity index is 1.60. The lowest BCUT2D eigenvalue weighted by molar-refractivity contribution is -0.384. The maximum Gasteiger partial charge on any atom is 0.321 e. The Labute approximate surface area is 195 Å². The van der Waals surface area contributed by atoms with Gasteiger partial charge >= 0.3 is 5.97 Å². The molecule has 0 bridgehead atoms. The number of esters is 1. The van der Waals surface area contributed by atoms with E-state index in [0.717, 1.165) is 0 Å². The molecule has 1 fully saturated rings.